The topological polar surface area (TPSA) is 29.9 Å². The van der Waals surface area contributed by atoms with Crippen LogP contribution in [0.4, 0.5) is 0 Å². The van der Waals surface area contributed by atoms with Crippen LogP contribution in [0.5, 0.6) is 0 Å². The fraction of sp³-hybridized carbons (Fsp3) is 0.471. The molecule has 3 nitrogen and oxygen atoms in total. The molecule has 0 aliphatic carbocycles. The molecule has 0 bridgehead atoms. The van der Waals surface area contributed by atoms with E-state index in [1.807, 2.05) is 17.8 Å². The highest BCUT2D eigenvalue weighted by molar-refractivity contribution is 6.31. The number of benzene rings is 1. The van der Waals surface area contributed by atoms with E-state index < -0.39 is 0 Å². The van der Waals surface area contributed by atoms with Gasteiger partial charge in [0.2, 0.25) is 0 Å². The van der Waals surface area contributed by atoms with Gasteiger partial charge in [-0.1, -0.05) is 35.9 Å². The second-order valence-electron chi connectivity index (χ2n) is 6.46. The summed E-state index contributed by atoms with van der Waals surface area (Å²) in [6.07, 6.45) is 2.91. The van der Waals surface area contributed by atoms with Crippen molar-refractivity contribution in [2.75, 3.05) is 6.54 Å². The van der Waals surface area contributed by atoms with E-state index in [0.29, 0.717) is 0 Å². The van der Waals surface area contributed by atoms with Crippen LogP contribution in [0, 0.1) is 6.92 Å². The van der Waals surface area contributed by atoms with Gasteiger partial charge in [0.25, 0.3) is 0 Å². The second-order valence-corrected chi connectivity index (χ2v) is 6.86. The molecule has 0 radical (unpaired) electrons. The van der Waals surface area contributed by atoms with Crippen molar-refractivity contribution in [3.8, 4) is 0 Å². The number of hydrogen-bond donors (Lipinski definition) is 1. The standard InChI is InChI=1S/C17H24ClN3/c1-13-16(18)12-21(20-13)11-15-8-6-5-7-14(15)9-10-19-17(2,3)4/h5-8,12,19H,9-11H2,1-4H3. The summed E-state index contributed by atoms with van der Waals surface area (Å²) in [4.78, 5) is 0. The lowest BCUT2D eigenvalue weighted by Gasteiger charge is -2.21. The summed E-state index contributed by atoms with van der Waals surface area (Å²) in [5.74, 6) is 0. The normalized spacial score (nSPS) is 11.9. The summed E-state index contributed by atoms with van der Waals surface area (Å²) in [6, 6.07) is 8.53. The average molecular weight is 306 g/mol. The van der Waals surface area contributed by atoms with Crippen molar-refractivity contribution in [2.45, 2.75) is 46.2 Å². The van der Waals surface area contributed by atoms with Gasteiger partial charge in [0.15, 0.2) is 0 Å². The fourth-order valence-corrected chi connectivity index (χ4v) is 2.43. The number of rotatable bonds is 5. The lowest BCUT2D eigenvalue weighted by molar-refractivity contribution is 0.429. The lowest BCUT2D eigenvalue weighted by atomic mass is 10.0. The Hall–Kier alpha value is -1.32. The highest BCUT2D eigenvalue weighted by atomic mass is 35.5. The molecule has 0 aliphatic heterocycles. The molecule has 0 unspecified atom stereocenters. The molecule has 0 saturated heterocycles. The maximum Gasteiger partial charge on any atom is 0.0815 e. The smallest absolute Gasteiger partial charge is 0.0815 e. The first-order valence-electron chi connectivity index (χ1n) is 7.36. The van der Waals surface area contributed by atoms with E-state index in [2.05, 4.69) is 55.5 Å². The number of aromatic nitrogens is 2. The predicted molar refractivity (Wildman–Crippen MR) is 89.0 cm³/mol. The van der Waals surface area contributed by atoms with E-state index in [9.17, 15) is 0 Å². The number of hydrogen-bond acceptors (Lipinski definition) is 2. The van der Waals surface area contributed by atoms with Crippen LogP contribution in [-0.4, -0.2) is 21.9 Å². The molecule has 2 rings (SSSR count). The zero-order valence-corrected chi connectivity index (χ0v) is 14.0. The first kappa shape index (κ1) is 16.1. The van der Waals surface area contributed by atoms with Crippen molar-refractivity contribution < 1.29 is 0 Å². The zero-order valence-electron chi connectivity index (χ0n) is 13.3. The van der Waals surface area contributed by atoms with Crippen molar-refractivity contribution in [2.24, 2.45) is 0 Å². The van der Waals surface area contributed by atoms with Crippen LogP contribution in [-0.2, 0) is 13.0 Å². The minimum Gasteiger partial charge on any atom is -0.312 e. The van der Waals surface area contributed by atoms with Gasteiger partial charge in [0, 0.05) is 11.7 Å². The third kappa shape index (κ3) is 4.87. The summed E-state index contributed by atoms with van der Waals surface area (Å²) in [5.41, 5.74) is 3.69. The summed E-state index contributed by atoms with van der Waals surface area (Å²) in [5, 5.41) is 8.69. The van der Waals surface area contributed by atoms with E-state index in [0.717, 1.165) is 30.2 Å². The summed E-state index contributed by atoms with van der Waals surface area (Å²) in [7, 11) is 0. The molecular weight excluding hydrogens is 282 g/mol. The number of halogens is 1. The van der Waals surface area contributed by atoms with Gasteiger partial charge in [-0.3, -0.25) is 4.68 Å². The van der Waals surface area contributed by atoms with Crippen LogP contribution >= 0.6 is 11.6 Å². The van der Waals surface area contributed by atoms with Crippen molar-refractivity contribution >= 4 is 11.6 Å². The molecule has 0 saturated carbocycles. The van der Waals surface area contributed by atoms with Crippen molar-refractivity contribution in [3.63, 3.8) is 0 Å². The Balaban J connectivity index is 2.06. The maximum atomic E-state index is 6.08. The zero-order chi connectivity index (χ0) is 15.5. The van der Waals surface area contributed by atoms with Gasteiger partial charge in [-0.2, -0.15) is 5.10 Å². The Morgan fingerprint density at radius 3 is 2.43 bits per heavy atom. The van der Waals surface area contributed by atoms with Gasteiger partial charge < -0.3 is 5.32 Å². The number of nitrogens with one attached hydrogen (secondary N) is 1. The molecule has 4 heteroatoms. The molecule has 0 fully saturated rings. The van der Waals surface area contributed by atoms with Crippen molar-refractivity contribution in [1.82, 2.24) is 15.1 Å². The van der Waals surface area contributed by atoms with Crippen molar-refractivity contribution in [1.29, 1.82) is 0 Å². The summed E-state index contributed by atoms with van der Waals surface area (Å²) >= 11 is 6.08. The summed E-state index contributed by atoms with van der Waals surface area (Å²) in [6.45, 7) is 10.2. The van der Waals surface area contributed by atoms with E-state index in [1.54, 1.807) is 0 Å². The van der Waals surface area contributed by atoms with Crippen LogP contribution in [0.1, 0.15) is 37.6 Å². The monoisotopic (exact) mass is 305 g/mol. The molecule has 2 aromatic rings. The van der Waals surface area contributed by atoms with E-state index in [4.69, 9.17) is 11.6 Å². The van der Waals surface area contributed by atoms with Crippen LogP contribution in [0.2, 0.25) is 5.02 Å². The molecule has 1 aromatic carbocycles. The first-order valence-corrected chi connectivity index (χ1v) is 7.74. The van der Waals surface area contributed by atoms with E-state index in [-0.39, 0.29) is 5.54 Å². The van der Waals surface area contributed by atoms with Gasteiger partial charge in [0.1, 0.15) is 0 Å². The van der Waals surface area contributed by atoms with E-state index in [1.165, 1.54) is 11.1 Å². The quantitative estimate of drug-likeness (QED) is 0.910. The molecular formula is C17H24ClN3. The van der Waals surface area contributed by atoms with Gasteiger partial charge in [-0.05, 0) is 51.8 Å². The van der Waals surface area contributed by atoms with Crippen LogP contribution in [0.25, 0.3) is 0 Å². The third-order valence-electron chi connectivity index (χ3n) is 3.39. The van der Waals surface area contributed by atoms with Crippen molar-refractivity contribution in [3.05, 3.63) is 52.3 Å². The second kappa shape index (κ2) is 6.63. The molecule has 21 heavy (non-hydrogen) atoms. The number of nitrogens with zero attached hydrogens (tertiary/aromatic N) is 2. The molecule has 1 aromatic heterocycles. The van der Waals surface area contributed by atoms with Crippen LogP contribution in [0.3, 0.4) is 0 Å². The Labute approximate surface area is 132 Å². The Bertz CT molecular complexity index is 577. The molecule has 0 atom stereocenters. The molecule has 1 N–H and O–H groups in total. The maximum absolute atomic E-state index is 6.08. The third-order valence-corrected chi connectivity index (χ3v) is 3.76. The first-order chi connectivity index (χ1) is 9.85. The van der Waals surface area contributed by atoms with Crippen LogP contribution in [0.15, 0.2) is 30.5 Å². The SMILES string of the molecule is Cc1nn(Cc2ccccc2CCNC(C)(C)C)cc1Cl. The Kier molecular flexibility index (Phi) is 5.07. The fourth-order valence-electron chi connectivity index (χ4n) is 2.28. The summed E-state index contributed by atoms with van der Waals surface area (Å²) < 4.78 is 1.91. The van der Waals surface area contributed by atoms with Gasteiger partial charge >= 0.3 is 0 Å². The average Bonchev–Trinajstić information content (AvgIpc) is 2.69. The number of aryl methyl sites for hydroxylation is 1. The Morgan fingerprint density at radius 2 is 1.86 bits per heavy atom. The van der Waals surface area contributed by atoms with Gasteiger partial charge in [-0.15, -0.1) is 0 Å². The lowest BCUT2D eigenvalue weighted by Crippen LogP contribution is -2.37. The molecule has 1 heterocycles. The van der Waals surface area contributed by atoms with Crippen LogP contribution < -0.4 is 5.32 Å². The van der Waals surface area contributed by atoms with E-state index >= 15 is 0 Å². The molecule has 0 amide bonds. The highest BCUT2D eigenvalue weighted by Crippen LogP contribution is 2.16. The molecule has 114 valence electrons. The van der Waals surface area contributed by atoms with Gasteiger partial charge in [-0.25, -0.2) is 0 Å². The highest BCUT2D eigenvalue weighted by Gasteiger charge is 2.10. The minimum atomic E-state index is 0.154. The molecule has 0 spiro atoms. The minimum absolute atomic E-state index is 0.154. The van der Waals surface area contributed by atoms with Gasteiger partial charge in [0.05, 0.1) is 17.3 Å². The Morgan fingerprint density at radius 1 is 1.19 bits per heavy atom. The predicted octanol–water partition coefficient (Wildman–Crippen LogP) is 3.82. The largest absolute Gasteiger partial charge is 0.312 e. The molecule has 0 aliphatic rings.